The lowest BCUT2D eigenvalue weighted by Gasteiger charge is -2.37. The number of piperazine rings is 1. The van der Waals surface area contributed by atoms with Gasteiger partial charge in [-0.2, -0.15) is 0 Å². The maximum absolute atomic E-state index is 12.2. The highest BCUT2D eigenvalue weighted by Gasteiger charge is 2.34. The zero-order valence-corrected chi connectivity index (χ0v) is 15.5. The zero-order valence-electron chi connectivity index (χ0n) is 14.7. The van der Waals surface area contributed by atoms with E-state index in [0.717, 1.165) is 6.07 Å². The van der Waals surface area contributed by atoms with Crippen LogP contribution in [0.15, 0.2) is 18.2 Å². The van der Waals surface area contributed by atoms with Crippen molar-refractivity contribution in [3.05, 3.63) is 23.8 Å². The number of rotatable bonds is 4. The summed E-state index contributed by atoms with van der Waals surface area (Å²) in [6, 6.07) is 3.48. The number of aromatic hydroxyl groups is 2. The number of benzene rings is 1. The Bertz CT molecular complexity index is 832. The van der Waals surface area contributed by atoms with E-state index in [9.17, 15) is 28.2 Å². The summed E-state index contributed by atoms with van der Waals surface area (Å²) in [5.74, 6) is -1.41. The molecule has 9 nitrogen and oxygen atoms in total. The number of phenols is 2. The SMILES string of the molecule is O=C(OCC(=O)N1CCN(C2CCS(=O)(=O)C2)CC1)c1ccc(O)cc1O. The molecule has 0 radical (unpaired) electrons. The second-order valence-corrected chi connectivity index (χ2v) is 8.98. The van der Waals surface area contributed by atoms with Crippen LogP contribution in [0.5, 0.6) is 11.5 Å². The van der Waals surface area contributed by atoms with Gasteiger partial charge in [0.1, 0.15) is 17.1 Å². The van der Waals surface area contributed by atoms with Crippen LogP contribution < -0.4 is 0 Å². The zero-order chi connectivity index (χ0) is 19.6. The molecule has 1 aromatic rings. The average molecular weight is 398 g/mol. The number of esters is 1. The van der Waals surface area contributed by atoms with E-state index in [1.807, 2.05) is 0 Å². The van der Waals surface area contributed by atoms with Crippen LogP contribution in [0, 0.1) is 0 Å². The lowest BCUT2D eigenvalue weighted by Crippen LogP contribution is -2.53. The van der Waals surface area contributed by atoms with Crippen molar-refractivity contribution in [3.63, 3.8) is 0 Å². The van der Waals surface area contributed by atoms with Crippen LogP contribution in [-0.4, -0.2) is 90.6 Å². The molecule has 2 N–H and O–H groups in total. The summed E-state index contributed by atoms with van der Waals surface area (Å²) in [6.45, 7) is 1.60. The molecule has 10 heteroatoms. The fourth-order valence-electron chi connectivity index (χ4n) is 3.39. The number of phenolic OH excluding ortho intramolecular Hbond substituents is 2. The van der Waals surface area contributed by atoms with Crippen LogP contribution in [0.25, 0.3) is 0 Å². The molecule has 2 heterocycles. The van der Waals surface area contributed by atoms with Crippen molar-refractivity contribution in [2.45, 2.75) is 12.5 Å². The van der Waals surface area contributed by atoms with Crippen LogP contribution >= 0.6 is 0 Å². The fourth-order valence-corrected chi connectivity index (χ4v) is 5.15. The first-order chi connectivity index (χ1) is 12.7. The van der Waals surface area contributed by atoms with Crippen LogP contribution in [-0.2, 0) is 19.4 Å². The molecule has 1 atom stereocenters. The van der Waals surface area contributed by atoms with Crippen molar-refractivity contribution in [1.29, 1.82) is 0 Å². The van der Waals surface area contributed by atoms with Gasteiger partial charge in [0.15, 0.2) is 16.4 Å². The molecule has 2 aliphatic heterocycles. The molecular formula is C17H22N2O7S. The molecule has 0 spiro atoms. The smallest absolute Gasteiger partial charge is 0.342 e. The van der Waals surface area contributed by atoms with E-state index in [-0.39, 0.29) is 34.8 Å². The number of carbonyl (C=O) groups excluding carboxylic acids is 2. The quantitative estimate of drug-likeness (QED) is 0.656. The monoisotopic (exact) mass is 398 g/mol. The van der Waals surface area contributed by atoms with Crippen molar-refractivity contribution in [3.8, 4) is 11.5 Å². The molecule has 2 fully saturated rings. The van der Waals surface area contributed by atoms with E-state index >= 15 is 0 Å². The molecule has 27 heavy (non-hydrogen) atoms. The van der Waals surface area contributed by atoms with Crippen LogP contribution in [0.4, 0.5) is 0 Å². The van der Waals surface area contributed by atoms with Gasteiger partial charge in [0, 0.05) is 38.3 Å². The van der Waals surface area contributed by atoms with Crippen LogP contribution in [0.2, 0.25) is 0 Å². The molecule has 0 aliphatic carbocycles. The maximum Gasteiger partial charge on any atom is 0.342 e. The van der Waals surface area contributed by atoms with Crippen LogP contribution in [0.1, 0.15) is 16.8 Å². The Labute approximate surface area is 157 Å². The normalized spacial score (nSPS) is 22.5. The number of amides is 1. The van der Waals surface area contributed by atoms with E-state index in [4.69, 9.17) is 4.74 Å². The van der Waals surface area contributed by atoms with E-state index in [1.54, 1.807) is 4.90 Å². The molecule has 2 saturated heterocycles. The largest absolute Gasteiger partial charge is 0.508 e. The molecule has 0 aromatic heterocycles. The van der Waals surface area contributed by atoms with Gasteiger partial charge in [-0.25, -0.2) is 13.2 Å². The Morgan fingerprint density at radius 1 is 1.15 bits per heavy atom. The van der Waals surface area contributed by atoms with Crippen molar-refractivity contribution in [2.24, 2.45) is 0 Å². The summed E-state index contributed by atoms with van der Waals surface area (Å²) in [4.78, 5) is 27.9. The van der Waals surface area contributed by atoms with E-state index in [0.29, 0.717) is 32.6 Å². The predicted molar refractivity (Wildman–Crippen MR) is 95.3 cm³/mol. The number of hydrogen-bond donors (Lipinski definition) is 2. The van der Waals surface area contributed by atoms with Crippen molar-refractivity contribution in [2.75, 3.05) is 44.3 Å². The molecule has 2 aliphatic rings. The number of hydrogen-bond acceptors (Lipinski definition) is 8. The Morgan fingerprint density at radius 2 is 1.85 bits per heavy atom. The van der Waals surface area contributed by atoms with Gasteiger partial charge in [0.2, 0.25) is 0 Å². The molecule has 0 saturated carbocycles. The number of carbonyl (C=O) groups is 2. The molecule has 148 valence electrons. The lowest BCUT2D eigenvalue weighted by atomic mass is 10.2. The summed E-state index contributed by atoms with van der Waals surface area (Å²) in [5.41, 5.74) is -0.132. The minimum absolute atomic E-state index is 0.0163. The van der Waals surface area contributed by atoms with Crippen molar-refractivity contribution in [1.82, 2.24) is 9.80 Å². The van der Waals surface area contributed by atoms with Crippen LogP contribution in [0.3, 0.4) is 0 Å². The minimum atomic E-state index is -2.94. The minimum Gasteiger partial charge on any atom is -0.508 e. The highest BCUT2D eigenvalue weighted by Crippen LogP contribution is 2.23. The molecule has 0 bridgehead atoms. The average Bonchev–Trinajstić information content (AvgIpc) is 2.99. The van der Waals surface area contributed by atoms with Gasteiger partial charge in [-0.15, -0.1) is 0 Å². The van der Waals surface area contributed by atoms with E-state index in [2.05, 4.69) is 4.90 Å². The summed E-state index contributed by atoms with van der Waals surface area (Å²) in [6.07, 6.45) is 0.629. The molecular weight excluding hydrogens is 376 g/mol. The number of nitrogens with zero attached hydrogens (tertiary/aromatic N) is 2. The lowest BCUT2D eigenvalue weighted by molar-refractivity contribution is -0.136. The third-order valence-corrected chi connectivity index (χ3v) is 6.67. The van der Waals surface area contributed by atoms with Gasteiger partial charge in [-0.1, -0.05) is 0 Å². The summed E-state index contributed by atoms with van der Waals surface area (Å²) in [7, 11) is -2.94. The highest BCUT2D eigenvalue weighted by atomic mass is 32.2. The van der Waals surface area contributed by atoms with Gasteiger partial charge in [-0.05, 0) is 18.6 Å². The fraction of sp³-hybridized carbons (Fsp3) is 0.529. The van der Waals surface area contributed by atoms with Gasteiger partial charge in [0.25, 0.3) is 5.91 Å². The third kappa shape index (κ3) is 4.69. The van der Waals surface area contributed by atoms with Gasteiger partial charge in [-0.3, -0.25) is 9.69 Å². The Morgan fingerprint density at radius 3 is 2.44 bits per heavy atom. The summed E-state index contributed by atoms with van der Waals surface area (Å²) in [5, 5.41) is 18.9. The summed E-state index contributed by atoms with van der Waals surface area (Å²) < 4.78 is 28.1. The Kier molecular flexibility index (Phi) is 5.56. The molecule has 1 amide bonds. The Hall–Kier alpha value is -2.33. The topological polar surface area (TPSA) is 124 Å². The maximum atomic E-state index is 12.2. The van der Waals surface area contributed by atoms with Gasteiger partial charge < -0.3 is 19.8 Å². The standard InChI is InChI=1S/C17H22N2O7S/c20-13-1-2-14(15(21)9-13)17(23)26-10-16(22)19-6-4-18(5-7-19)12-3-8-27(24,25)11-12/h1-2,9,12,20-21H,3-8,10-11H2. The molecule has 3 rings (SSSR count). The van der Waals surface area contributed by atoms with Crippen molar-refractivity contribution >= 4 is 21.7 Å². The second kappa shape index (κ2) is 7.73. The first-order valence-corrected chi connectivity index (χ1v) is 10.5. The molecule has 1 aromatic carbocycles. The number of ether oxygens (including phenoxy) is 1. The number of sulfone groups is 1. The first-order valence-electron chi connectivity index (χ1n) is 8.66. The van der Waals surface area contributed by atoms with E-state index < -0.39 is 28.2 Å². The predicted octanol–water partition coefficient (Wildman–Crippen LogP) is -0.414. The first kappa shape index (κ1) is 19.4. The second-order valence-electron chi connectivity index (χ2n) is 6.75. The van der Waals surface area contributed by atoms with Gasteiger partial charge in [0.05, 0.1) is 11.5 Å². The van der Waals surface area contributed by atoms with Gasteiger partial charge >= 0.3 is 5.97 Å². The third-order valence-electron chi connectivity index (χ3n) is 4.92. The van der Waals surface area contributed by atoms with E-state index in [1.165, 1.54) is 12.1 Å². The van der Waals surface area contributed by atoms with Crippen molar-refractivity contribution < 1.29 is 33.0 Å². The summed E-state index contributed by atoms with van der Waals surface area (Å²) >= 11 is 0. The Balaban J connectivity index is 1.46. The highest BCUT2D eigenvalue weighted by molar-refractivity contribution is 7.91. The molecule has 1 unspecified atom stereocenters.